The minimum atomic E-state index is -0.572. The summed E-state index contributed by atoms with van der Waals surface area (Å²) >= 11 is 5.81. The van der Waals surface area contributed by atoms with Gasteiger partial charge in [-0.2, -0.15) is 0 Å². The van der Waals surface area contributed by atoms with Gasteiger partial charge in [-0.05, 0) is 30.0 Å². The van der Waals surface area contributed by atoms with Crippen molar-refractivity contribution in [3.8, 4) is 11.4 Å². The highest BCUT2D eigenvalue weighted by Crippen LogP contribution is 2.26. The Balaban J connectivity index is 2.06. The second kappa shape index (κ2) is 7.19. The summed E-state index contributed by atoms with van der Waals surface area (Å²) in [6.07, 6.45) is 6.10. The van der Waals surface area contributed by atoms with E-state index >= 15 is 0 Å². The highest BCUT2D eigenvalue weighted by Gasteiger charge is 2.13. The van der Waals surface area contributed by atoms with Gasteiger partial charge in [0.2, 0.25) is 0 Å². The Morgan fingerprint density at radius 1 is 1.32 bits per heavy atom. The predicted molar refractivity (Wildman–Crippen MR) is 98.1 cm³/mol. The summed E-state index contributed by atoms with van der Waals surface area (Å²) in [5.74, 6) is -0.358. The zero-order chi connectivity index (χ0) is 18.0. The Labute approximate surface area is 149 Å². The second-order valence-corrected chi connectivity index (χ2v) is 6.27. The van der Waals surface area contributed by atoms with Crippen molar-refractivity contribution in [3.63, 3.8) is 0 Å². The van der Waals surface area contributed by atoms with E-state index in [0.29, 0.717) is 17.3 Å². The van der Waals surface area contributed by atoms with E-state index in [1.807, 2.05) is 0 Å². The summed E-state index contributed by atoms with van der Waals surface area (Å²) in [5, 5.41) is 1.17. The van der Waals surface area contributed by atoms with Crippen molar-refractivity contribution in [2.75, 3.05) is 5.73 Å². The lowest BCUT2D eigenvalue weighted by atomic mass is 10.1. The first-order valence-corrected chi connectivity index (χ1v) is 8.50. The maximum absolute atomic E-state index is 14.6. The van der Waals surface area contributed by atoms with E-state index < -0.39 is 5.82 Å². The van der Waals surface area contributed by atoms with Crippen LogP contribution in [0.5, 0.6) is 0 Å². The molecule has 0 radical (unpaired) electrons. The first-order valence-electron chi connectivity index (χ1n) is 8.12. The van der Waals surface area contributed by atoms with Gasteiger partial charge in [0.1, 0.15) is 16.7 Å². The highest BCUT2D eigenvalue weighted by atomic mass is 35.5. The highest BCUT2D eigenvalue weighted by molar-refractivity contribution is 6.32. The SMILES string of the molecule is CCCCCn1ccc2cc(-c3ncc(Cl)c(N)n3)c(F)cc2c1=O. The lowest BCUT2D eigenvalue weighted by Gasteiger charge is -2.09. The van der Waals surface area contributed by atoms with Crippen LogP contribution in [0.2, 0.25) is 5.02 Å². The van der Waals surface area contributed by atoms with Crippen LogP contribution in [-0.2, 0) is 6.54 Å². The molecular weight excluding hydrogens is 343 g/mol. The molecule has 7 heteroatoms. The molecule has 0 bridgehead atoms. The fourth-order valence-electron chi connectivity index (χ4n) is 2.70. The molecule has 0 fully saturated rings. The summed E-state index contributed by atoms with van der Waals surface area (Å²) in [5.41, 5.74) is 5.64. The molecule has 5 nitrogen and oxygen atoms in total. The van der Waals surface area contributed by atoms with Crippen LogP contribution in [0.25, 0.3) is 22.2 Å². The van der Waals surface area contributed by atoms with Crippen molar-refractivity contribution >= 4 is 28.2 Å². The van der Waals surface area contributed by atoms with E-state index in [1.54, 1.807) is 22.9 Å². The third kappa shape index (κ3) is 3.49. The standard InChI is InChI=1S/C18H18ClFN4O/c1-2-3-4-6-24-7-5-11-8-13(15(20)9-12(11)18(24)25)17-22-10-14(19)16(21)23-17/h5,7-10H,2-4,6H2,1H3,(H2,21,22,23). The molecule has 130 valence electrons. The van der Waals surface area contributed by atoms with Gasteiger partial charge in [-0.25, -0.2) is 14.4 Å². The summed E-state index contributed by atoms with van der Waals surface area (Å²) in [7, 11) is 0. The first kappa shape index (κ1) is 17.4. The van der Waals surface area contributed by atoms with Crippen LogP contribution in [0, 0.1) is 5.82 Å². The van der Waals surface area contributed by atoms with E-state index in [0.717, 1.165) is 19.3 Å². The number of aromatic nitrogens is 3. The van der Waals surface area contributed by atoms with Gasteiger partial charge in [-0.1, -0.05) is 31.4 Å². The van der Waals surface area contributed by atoms with Gasteiger partial charge in [0.15, 0.2) is 5.82 Å². The van der Waals surface area contributed by atoms with Crippen LogP contribution in [-0.4, -0.2) is 14.5 Å². The molecule has 0 atom stereocenters. The first-order chi connectivity index (χ1) is 12.0. The third-order valence-corrected chi connectivity index (χ3v) is 4.37. The number of nitrogen functional groups attached to an aromatic ring is 1. The molecular formula is C18H18ClFN4O. The van der Waals surface area contributed by atoms with Crippen molar-refractivity contribution in [1.29, 1.82) is 0 Å². The molecule has 25 heavy (non-hydrogen) atoms. The van der Waals surface area contributed by atoms with Crippen LogP contribution < -0.4 is 11.3 Å². The average molecular weight is 361 g/mol. The number of hydrogen-bond donors (Lipinski definition) is 1. The van der Waals surface area contributed by atoms with Gasteiger partial charge in [-0.3, -0.25) is 4.79 Å². The number of halogens is 2. The lowest BCUT2D eigenvalue weighted by molar-refractivity contribution is 0.590. The molecule has 0 saturated heterocycles. The second-order valence-electron chi connectivity index (χ2n) is 5.87. The van der Waals surface area contributed by atoms with Crippen molar-refractivity contribution < 1.29 is 4.39 Å². The molecule has 2 N–H and O–H groups in total. The Morgan fingerprint density at radius 2 is 2.12 bits per heavy atom. The molecule has 2 heterocycles. The van der Waals surface area contributed by atoms with Gasteiger partial charge >= 0.3 is 0 Å². The number of fused-ring (bicyclic) bond motifs is 1. The van der Waals surface area contributed by atoms with Crippen LogP contribution in [0.4, 0.5) is 10.2 Å². The normalized spacial score (nSPS) is 11.2. The van der Waals surface area contributed by atoms with Gasteiger partial charge < -0.3 is 10.3 Å². The topological polar surface area (TPSA) is 73.8 Å². The van der Waals surface area contributed by atoms with Crippen molar-refractivity contribution in [2.24, 2.45) is 0 Å². The van der Waals surface area contributed by atoms with Crippen molar-refractivity contribution in [3.05, 3.63) is 51.8 Å². The molecule has 1 aromatic carbocycles. The maximum atomic E-state index is 14.6. The summed E-state index contributed by atoms with van der Waals surface area (Å²) in [6.45, 7) is 2.73. The van der Waals surface area contributed by atoms with Crippen LogP contribution in [0.1, 0.15) is 26.2 Å². The fourth-order valence-corrected chi connectivity index (χ4v) is 2.79. The molecule has 2 aromatic heterocycles. The van der Waals surface area contributed by atoms with E-state index in [9.17, 15) is 9.18 Å². The van der Waals surface area contributed by atoms with Crippen molar-refractivity contribution in [1.82, 2.24) is 14.5 Å². The Hall–Kier alpha value is -2.47. The number of aryl methyl sites for hydroxylation is 1. The molecule has 3 aromatic rings. The molecule has 0 aliphatic carbocycles. The molecule has 0 unspecified atom stereocenters. The molecule has 0 amide bonds. The smallest absolute Gasteiger partial charge is 0.258 e. The van der Waals surface area contributed by atoms with E-state index in [1.165, 1.54) is 12.3 Å². The molecule has 0 spiro atoms. The van der Waals surface area contributed by atoms with E-state index in [4.69, 9.17) is 17.3 Å². The molecule has 0 aliphatic rings. The number of anilines is 1. The maximum Gasteiger partial charge on any atom is 0.258 e. The van der Waals surface area contributed by atoms with Crippen LogP contribution in [0.3, 0.4) is 0 Å². The number of unbranched alkanes of at least 4 members (excludes halogenated alkanes) is 2. The number of nitrogens with zero attached hydrogens (tertiary/aromatic N) is 3. The van der Waals surface area contributed by atoms with Gasteiger partial charge in [0.25, 0.3) is 5.56 Å². The minimum absolute atomic E-state index is 0.0810. The largest absolute Gasteiger partial charge is 0.382 e. The fraction of sp³-hybridized carbons (Fsp3) is 0.278. The van der Waals surface area contributed by atoms with Gasteiger partial charge in [-0.15, -0.1) is 0 Å². The number of pyridine rings is 1. The van der Waals surface area contributed by atoms with E-state index in [2.05, 4.69) is 16.9 Å². The Morgan fingerprint density at radius 3 is 2.84 bits per heavy atom. The summed E-state index contributed by atoms with van der Waals surface area (Å²) in [4.78, 5) is 20.6. The van der Waals surface area contributed by atoms with Crippen LogP contribution in [0.15, 0.2) is 35.4 Å². The van der Waals surface area contributed by atoms with Gasteiger partial charge in [0.05, 0.1) is 17.1 Å². The number of rotatable bonds is 5. The number of nitrogens with two attached hydrogens (primary N) is 1. The summed E-state index contributed by atoms with van der Waals surface area (Å²) < 4.78 is 16.2. The number of hydrogen-bond acceptors (Lipinski definition) is 4. The molecule has 0 aliphatic heterocycles. The summed E-state index contributed by atoms with van der Waals surface area (Å²) in [6, 6.07) is 4.59. The van der Waals surface area contributed by atoms with Crippen molar-refractivity contribution in [2.45, 2.75) is 32.7 Å². The zero-order valence-electron chi connectivity index (χ0n) is 13.8. The quantitative estimate of drug-likeness (QED) is 0.697. The predicted octanol–water partition coefficient (Wildman–Crippen LogP) is 4.02. The molecule has 3 rings (SSSR count). The third-order valence-electron chi connectivity index (χ3n) is 4.08. The molecule has 0 saturated carbocycles. The van der Waals surface area contributed by atoms with E-state index in [-0.39, 0.29) is 27.8 Å². The minimum Gasteiger partial charge on any atom is -0.382 e. The monoisotopic (exact) mass is 360 g/mol. The number of benzene rings is 1. The Bertz CT molecular complexity index is 987. The lowest BCUT2D eigenvalue weighted by Crippen LogP contribution is -2.19. The van der Waals surface area contributed by atoms with Crippen LogP contribution >= 0.6 is 11.6 Å². The average Bonchev–Trinajstić information content (AvgIpc) is 2.60. The van der Waals surface area contributed by atoms with Gasteiger partial charge in [0, 0.05) is 12.7 Å². The Kier molecular flexibility index (Phi) is 4.99. The zero-order valence-corrected chi connectivity index (χ0v) is 14.6.